The molecule has 0 spiro atoms. The van der Waals surface area contributed by atoms with Gasteiger partial charge in [0.05, 0.1) is 10.8 Å². The Morgan fingerprint density at radius 3 is 2.15 bits per heavy atom. The molecule has 0 aromatic heterocycles. The van der Waals surface area contributed by atoms with Crippen LogP contribution in [0.2, 0.25) is 0 Å². The molecule has 26 heavy (non-hydrogen) atoms. The molecule has 0 amide bonds. The standard InChI is InChI=1S/C21H26O5/c1-9(2)13-14-12(23)8-11(22)10(3)16(14)26-18-15(13)17(24)20(4,5)19(25)21(18,6)7/h8-9,13,22-23H,1-7H3. The van der Waals surface area contributed by atoms with E-state index in [4.69, 9.17) is 4.74 Å². The Balaban J connectivity index is 2.41. The fourth-order valence-electron chi connectivity index (χ4n) is 4.32. The number of fused-ring (bicyclic) bond motifs is 1. The van der Waals surface area contributed by atoms with Crippen LogP contribution >= 0.6 is 0 Å². The molecule has 5 nitrogen and oxygen atoms in total. The average Bonchev–Trinajstić information content (AvgIpc) is 2.55. The monoisotopic (exact) mass is 358 g/mol. The molecule has 0 radical (unpaired) electrons. The molecule has 1 atom stereocenters. The molecule has 140 valence electrons. The number of phenols is 2. The maximum Gasteiger partial charge on any atom is 0.175 e. The predicted octanol–water partition coefficient (Wildman–Crippen LogP) is 4.00. The lowest BCUT2D eigenvalue weighted by Crippen LogP contribution is -2.52. The van der Waals surface area contributed by atoms with Crippen molar-refractivity contribution in [3.8, 4) is 17.2 Å². The Kier molecular flexibility index (Phi) is 3.80. The average molecular weight is 358 g/mol. The van der Waals surface area contributed by atoms with E-state index in [2.05, 4.69) is 0 Å². The molecule has 0 fully saturated rings. The van der Waals surface area contributed by atoms with Gasteiger partial charge in [0.2, 0.25) is 0 Å². The van der Waals surface area contributed by atoms with E-state index >= 15 is 0 Å². The smallest absolute Gasteiger partial charge is 0.175 e. The fourth-order valence-corrected chi connectivity index (χ4v) is 4.32. The van der Waals surface area contributed by atoms with E-state index in [9.17, 15) is 19.8 Å². The number of Topliss-reactive ketones (excluding diaryl/α,β-unsaturated/α-hetero) is 2. The van der Waals surface area contributed by atoms with Crippen LogP contribution in [0.15, 0.2) is 17.4 Å². The molecule has 3 rings (SSSR count). The zero-order valence-electron chi connectivity index (χ0n) is 16.4. The van der Waals surface area contributed by atoms with E-state index < -0.39 is 16.7 Å². The summed E-state index contributed by atoms with van der Waals surface area (Å²) in [5, 5.41) is 20.6. The summed E-state index contributed by atoms with van der Waals surface area (Å²) in [6.07, 6.45) is 0. The lowest BCUT2D eigenvalue weighted by molar-refractivity contribution is -0.144. The number of aromatic hydroxyl groups is 2. The summed E-state index contributed by atoms with van der Waals surface area (Å²) in [5.74, 6) is -0.381. The van der Waals surface area contributed by atoms with Gasteiger partial charge in [-0.1, -0.05) is 13.8 Å². The van der Waals surface area contributed by atoms with Gasteiger partial charge in [0, 0.05) is 28.7 Å². The molecule has 2 aliphatic rings. The van der Waals surface area contributed by atoms with Gasteiger partial charge in [0.1, 0.15) is 23.0 Å². The number of carbonyl (C=O) groups excluding carboxylic acids is 2. The largest absolute Gasteiger partial charge is 0.507 e. The van der Waals surface area contributed by atoms with Crippen LogP contribution in [0.1, 0.15) is 58.6 Å². The zero-order valence-corrected chi connectivity index (χ0v) is 16.4. The lowest BCUT2D eigenvalue weighted by atomic mass is 9.59. The molecular weight excluding hydrogens is 332 g/mol. The minimum Gasteiger partial charge on any atom is -0.507 e. The Hall–Kier alpha value is -2.30. The second kappa shape index (κ2) is 5.35. The van der Waals surface area contributed by atoms with E-state index in [-0.39, 0.29) is 29.0 Å². The second-order valence-corrected chi connectivity index (χ2v) is 8.76. The van der Waals surface area contributed by atoms with Gasteiger partial charge in [-0.2, -0.15) is 0 Å². The number of benzene rings is 1. The van der Waals surface area contributed by atoms with E-state index in [0.29, 0.717) is 28.2 Å². The highest BCUT2D eigenvalue weighted by Gasteiger charge is 2.57. The van der Waals surface area contributed by atoms with Gasteiger partial charge in [-0.15, -0.1) is 0 Å². The molecule has 0 bridgehead atoms. The van der Waals surface area contributed by atoms with E-state index in [0.717, 1.165) is 0 Å². The first-order valence-electron chi connectivity index (χ1n) is 8.91. The molecular formula is C21H26O5. The third-order valence-corrected chi connectivity index (χ3v) is 5.77. The minimum atomic E-state index is -1.15. The number of carbonyl (C=O) groups is 2. The molecule has 1 unspecified atom stereocenters. The lowest BCUT2D eigenvalue weighted by Gasteiger charge is -2.45. The number of rotatable bonds is 1. The van der Waals surface area contributed by atoms with Crippen LogP contribution in [0.3, 0.4) is 0 Å². The van der Waals surface area contributed by atoms with Crippen molar-refractivity contribution in [2.45, 2.75) is 54.4 Å². The summed E-state index contributed by atoms with van der Waals surface area (Å²) < 4.78 is 6.08. The molecule has 5 heteroatoms. The summed E-state index contributed by atoms with van der Waals surface area (Å²) >= 11 is 0. The number of ether oxygens (including phenoxy) is 1. The summed E-state index contributed by atoms with van der Waals surface area (Å²) in [6, 6.07) is 1.28. The number of ketones is 2. The summed E-state index contributed by atoms with van der Waals surface area (Å²) in [6.45, 7) is 12.5. The highest BCUT2D eigenvalue weighted by molar-refractivity contribution is 6.20. The number of phenolic OH excluding ortho intramolecular Hbond substituents is 2. The highest BCUT2D eigenvalue weighted by Crippen LogP contribution is 2.57. The first-order valence-corrected chi connectivity index (χ1v) is 8.91. The molecule has 1 aliphatic heterocycles. The third kappa shape index (κ3) is 2.15. The van der Waals surface area contributed by atoms with Gasteiger partial charge in [0.25, 0.3) is 0 Å². The zero-order chi connectivity index (χ0) is 19.8. The van der Waals surface area contributed by atoms with Crippen molar-refractivity contribution in [1.29, 1.82) is 0 Å². The maximum absolute atomic E-state index is 13.3. The Morgan fingerprint density at radius 2 is 1.62 bits per heavy atom. The van der Waals surface area contributed by atoms with Gasteiger partial charge >= 0.3 is 0 Å². The van der Waals surface area contributed by atoms with Crippen LogP contribution in [0.25, 0.3) is 0 Å². The van der Waals surface area contributed by atoms with E-state index in [1.54, 1.807) is 34.6 Å². The number of hydrogen-bond donors (Lipinski definition) is 2. The van der Waals surface area contributed by atoms with E-state index in [1.807, 2.05) is 13.8 Å². The third-order valence-electron chi connectivity index (χ3n) is 5.77. The number of hydrogen-bond acceptors (Lipinski definition) is 5. The first-order chi connectivity index (χ1) is 11.8. The van der Waals surface area contributed by atoms with Gasteiger partial charge in [-0.25, -0.2) is 0 Å². The van der Waals surface area contributed by atoms with Crippen molar-refractivity contribution in [3.05, 3.63) is 28.5 Å². The molecule has 0 saturated heterocycles. The second-order valence-electron chi connectivity index (χ2n) is 8.76. The Labute approximate surface area is 153 Å². The van der Waals surface area contributed by atoms with Crippen LogP contribution < -0.4 is 4.74 Å². The maximum atomic E-state index is 13.3. The van der Waals surface area contributed by atoms with Crippen LogP contribution in [0.4, 0.5) is 0 Å². The van der Waals surface area contributed by atoms with Crippen LogP contribution in [-0.2, 0) is 9.59 Å². The van der Waals surface area contributed by atoms with Crippen LogP contribution in [0.5, 0.6) is 17.2 Å². The van der Waals surface area contributed by atoms with Crippen molar-refractivity contribution >= 4 is 11.6 Å². The Morgan fingerprint density at radius 1 is 1.04 bits per heavy atom. The fraction of sp³-hybridized carbons (Fsp3) is 0.524. The highest BCUT2D eigenvalue weighted by atomic mass is 16.5. The van der Waals surface area contributed by atoms with Crippen molar-refractivity contribution in [2.24, 2.45) is 16.7 Å². The molecule has 2 N–H and O–H groups in total. The molecule has 1 aromatic carbocycles. The van der Waals surface area contributed by atoms with Gasteiger partial charge in [0.15, 0.2) is 11.6 Å². The minimum absolute atomic E-state index is 0.0127. The quantitative estimate of drug-likeness (QED) is 0.742. The Bertz CT molecular complexity index is 871. The van der Waals surface area contributed by atoms with Gasteiger partial charge < -0.3 is 14.9 Å². The predicted molar refractivity (Wildman–Crippen MR) is 97.3 cm³/mol. The molecule has 1 heterocycles. The van der Waals surface area contributed by atoms with Crippen LogP contribution in [0, 0.1) is 23.7 Å². The van der Waals surface area contributed by atoms with Crippen molar-refractivity contribution in [2.75, 3.05) is 0 Å². The molecule has 1 aromatic rings. The topological polar surface area (TPSA) is 83.8 Å². The normalized spacial score (nSPS) is 23.6. The van der Waals surface area contributed by atoms with E-state index in [1.165, 1.54) is 6.07 Å². The van der Waals surface area contributed by atoms with Crippen molar-refractivity contribution in [3.63, 3.8) is 0 Å². The molecule has 0 saturated carbocycles. The van der Waals surface area contributed by atoms with Gasteiger partial charge in [-0.05, 0) is 40.5 Å². The molecule has 1 aliphatic carbocycles. The summed E-state index contributed by atoms with van der Waals surface area (Å²) in [5.41, 5.74) is -0.690. The first kappa shape index (κ1) is 18.5. The van der Waals surface area contributed by atoms with Crippen molar-refractivity contribution in [1.82, 2.24) is 0 Å². The van der Waals surface area contributed by atoms with Crippen molar-refractivity contribution < 1.29 is 24.5 Å². The van der Waals surface area contributed by atoms with Gasteiger partial charge in [-0.3, -0.25) is 9.59 Å². The summed E-state index contributed by atoms with van der Waals surface area (Å²) in [4.78, 5) is 26.3. The SMILES string of the molecule is Cc1c(O)cc(O)c2c1OC1=C(C(=O)C(C)(C)C(=O)C1(C)C)C2C(C)C. The summed E-state index contributed by atoms with van der Waals surface area (Å²) in [7, 11) is 0. The van der Waals surface area contributed by atoms with Crippen LogP contribution in [-0.4, -0.2) is 21.8 Å². The number of allylic oxidation sites excluding steroid dienone is 2.